The minimum atomic E-state index is -3.79. The molecule has 15 heavy (non-hydrogen) atoms. The Kier molecular flexibility index (Phi) is 2.28. The summed E-state index contributed by atoms with van der Waals surface area (Å²) in [5.41, 5.74) is 0.571. The van der Waals surface area contributed by atoms with Crippen molar-refractivity contribution in [2.24, 2.45) is 5.14 Å². The van der Waals surface area contributed by atoms with Gasteiger partial charge in [-0.25, -0.2) is 23.1 Å². The number of primary sulfonamides is 1. The Morgan fingerprint density at radius 2 is 2.20 bits per heavy atom. The number of sulfonamides is 1. The average Bonchev–Trinajstić information content (AvgIpc) is 2.38. The Morgan fingerprint density at radius 1 is 1.53 bits per heavy atom. The number of nitrogens with zero attached hydrogens (tertiary/aromatic N) is 3. The van der Waals surface area contributed by atoms with E-state index in [0.29, 0.717) is 10.2 Å². The van der Waals surface area contributed by atoms with Crippen molar-refractivity contribution in [2.75, 3.05) is 0 Å². The van der Waals surface area contributed by atoms with E-state index in [1.807, 2.05) is 0 Å². The fourth-order valence-electron chi connectivity index (χ4n) is 1.33. The summed E-state index contributed by atoms with van der Waals surface area (Å²) in [7, 11) is -3.79. The third kappa shape index (κ3) is 1.75. The Bertz CT molecular complexity index is 634. The van der Waals surface area contributed by atoms with Crippen molar-refractivity contribution >= 4 is 31.6 Å². The number of hydrogen-bond donors (Lipinski definition) is 1. The molecule has 0 saturated heterocycles. The van der Waals surface area contributed by atoms with Gasteiger partial charge in [-0.05, 0) is 22.9 Å². The number of halogens is 1. The van der Waals surface area contributed by atoms with Crippen molar-refractivity contribution < 1.29 is 8.42 Å². The number of hydrogen-bond acceptors (Lipinski definition) is 4. The van der Waals surface area contributed by atoms with Crippen LogP contribution in [0.2, 0.25) is 0 Å². The SMILES string of the molecule is Cc1nn2cc(Br)cnc2c1S(N)(=O)=O. The van der Waals surface area contributed by atoms with Gasteiger partial charge in [0.1, 0.15) is 4.90 Å². The monoisotopic (exact) mass is 290 g/mol. The third-order valence-electron chi connectivity index (χ3n) is 1.85. The van der Waals surface area contributed by atoms with E-state index in [-0.39, 0.29) is 10.5 Å². The van der Waals surface area contributed by atoms with Gasteiger partial charge >= 0.3 is 0 Å². The largest absolute Gasteiger partial charge is 0.243 e. The molecule has 2 aromatic rings. The van der Waals surface area contributed by atoms with Crippen molar-refractivity contribution in [1.82, 2.24) is 14.6 Å². The van der Waals surface area contributed by atoms with Crippen LogP contribution in [0.4, 0.5) is 0 Å². The Hall–Kier alpha value is -0.990. The molecule has 0 spiro atoms. The maximum atomic E-state index is 11.3. The molecule has 0 bridgehead atoms. The highest BCUT2D eigenvalue weighted by Gasteiger charge is 2.20. The quantitative estimate of drug-likeness (QED) is 0.825. The molecule has 0 aliphatic carbocycles. The van der Waals surface area contributed by atoms with Gasteiger partial charge in [0.05, 0.1) is 10.2 Å². The van der Waals surface area contributed by atoms with Gasteiger partial charge in [0.25, 0.3) is 0 Å². The highest BCUT2D eigenvalue weighted by Crippen LogP contribution is 2.19. The fraction of sp³-hybridized carbons (Fsp3) is 0.143. The van der Waals surface area contributed by atoms with Gasteiger partial charge in [-0.3, -0.25) is 0 Å². The van der Waals surface area contributed by atoms with Crippen molar-refractivity contribution in [3.05, 3.63) is 22.6 Å². The molecular formula is C7H7BrN4O2S. The second kappa shape index (κ2) is 3.26. The first-order valence-electron chi connectivity index (χ1n) is 3.93. The molecule has 0 aliphatic rings. The van der Waals surface area contributed by atoms with E-state index >= 15 is 0 Å². The maximum absolute atomic E-state index is 11.3. The lowest BCUT2D eigenvalue weighted by molar-refractivity contribution is 0.598. The van der Waals surface area contributed by atoms with E-state index in [2.05, 4.69) is 26.0 Å². The van der Waals surface area contributed by atoms with Crippen LogP contribution in [0.25, 0.3) is 5.65 Å². The smallest absolute Gasteiger partial charge is 0.235 e. The molecule has 2 N–H and O–H groups in total. The summed E-state index contributed by atoms with van der Waals surface area (Å²) in [6.45, 7) is 1.57. The fourth-order valence-corrected chi connectivity index (χ4v) is 2.48. The molecule has 0 fully saturated rings. The third-order valence-corrected chi connectivity index (χ3v) is 3.30. The molecule has 0 atom stereocenters. The van der Waals surface area contributed by atoms with Crippen LogP contribution in [0.3, 0.4) is 0 Å². The van der Waals surface area contributed by atoms with Crippen molar-refractivity contribution in [3.8, 4) is 0 Å². The van der Waals surface area contributed by atoms with Gasteiger partial charge in [0, 0.05) is 12.4 Å². The summed E-state index contributed by atoms with van der Waals surface area (Å²) >= 11 is 3.21. The maximum Gasteiger partial charge on any atom is 0.243 e. The molecule has 0 radical (unpaired) electrons. The van der Waals surface area contributed by atoms with Gasteiger partial charge < -0.3 is 0 Å². The van der Waals surface area contributed by atoms with E-state index in [4.69, 9.17) is 5.14 Å². The highest BCUT2D eigenvalue weighted by atomic mass is 79.9. The summed E-state index contributed by atoms with van der Waals surface area (Å²) in [6, 6.07) is 0. The zero-order valence-corrected chi connectivity index (χ0v) is 10.1. The predicted octanol–water partition coefficient (Wildman–Crippen LogP) is 0.448. The second-order valence-corrected chi connectivity index (χ2v) is 5.41. The van der Waals surface area contributed by atoms with Gasteiger partial charge in [-0.2, -0.15) is 5.10 Å². The summed E-state index contributed by atoms with van der Waals surface area (Å²) in [5.74, 6) is 0. The van der Waals surface area contributed by atoms with E-state index in [9.17, 15) is 8.42 Å². The Balaban J connectivity index is 2.92. The zero-order chi connectivity index (χ0) is 11.2. The molecule has 0 aromatic carbocycles. The summed E-state index contributed by atoms with van der Waals surface area (Å²) < 4.78 is 24.7. The molecule has 0 aliphatic heterocycles. The number of rotatable bonds is 1. The van der Waals surface area contributed by atoms with Gasteiger partial charge in [-0.15, -0.1) is 0 Å². The van der Waals surface area contributed by atoms with E-state index in [0.717, 1.165) is 0 Å². The first kappa shape index (κ1) is 10.5. The molecule has 2 heterocycles. The van der Waals surface area contributed by atoms with Crippen LogP contribution in [0.5, 0.6) is 0 Å². The molecule has 2 rings (SSSR count). The number of fused-ring (bicyclic) bond motifs is 1. The Morgan fingerprint density at radius 3 is 2.80 bits per heavy atom. The molecule has 0 saturated carbocycles. The van der Waals surface area contributed by atoms with Gasteiger partial charge in [-0.1, -0.05) is 0 Å². The molecular weight excluding hydrogens is 284 g/mol. The number of aromatic nitrogens is 3. The normalized spacial score (nSPS) is 12.2. The highest BCUT2D eigenvalue weighted by molar-refractivity contribution is 9.10. The summed E-state index contributed by atoms with van der Waals surface area (Å²) in [6.07, 6.45) is 3.11. The van der Waals surface area contributed by atoms with E-state index < -0.39 is 10.0 Å². The second-order valence-electron chi connectivity index (χ2n) is 3.00. The minimum Gasteiger partial charge on any atom is -0.235 e. The van der Waals surface area contributed by atoms with E-state index in [1.165, 1.54) is 10.7 Å². The first-order valence-corrected chi connectivity index (χ1v) is 6.27. The van der Waals surface area contributed by atoms with Crippen LogP contribution in [0.15, 0.2) is 21.8 Å². The van der Waals surface area contributed by atoms with Crippen molar-refractivity contribution in [3.63, 3.8) is 0 Å². The molecule has 0 amide bonds. The van der Waals surface area contributed by atoms with Crippen LogP contribution in [0, 0.1) is 6.92 Å². The van der Waals surface area contributed by atoms with Crippen LogP contribution in [-0.2, 0) is 10.0 Å². The lowest BCUT2D eigenvalue weighted by atomic mass is 10.5. The zero-order valence-electron chi connectivity index (χ0n) is 7.68. The molecule has 8 heteroatoms. The molecule has 80 valence electrons. The average molecular weight is 291 g/mol. The number of aryl methyl sites for hydroxylation is 1. The van der Waals surface area contributed by atoms with Crippen LogP contribution < -0.4 is 5.14 Å². The van der Waals surface area contributed by atoms with Crippen molar-refractivity contribution in [2.45, 2.75) is 11.8 Å². The van der Waals surface area contributed by atoms with Crippen LogP contribution in [0.1, 0.15) is 5.69 Å². The number of nitrogens with two attached hydrogens (primary N) is 1. The molecule has 6 nitrogen and oxygen atoms in total. The lowest BCUT2D eigenvalue weighted by Crippen LogP contribution is -2.13. The first-order chi connectivity index (χ1) is 6.89. The standard InChI is InChI=1S/C7H7BrN4O2S/c1-4-6(15(9,13)14)7-10-2-5(8)3-12(7)11-4/h2-3H,1H3,(H2,9,13,14). The predicted molar refractivity (Wildman–Crippen MR) is 56.8 cm³/mol. The summed E-state index contributed by atoms with van der Waals surface area (Å²) in [4.78, 5) is 3.93. The van der Waals surface area contributed by atoms with E-state index in [1.54, 1.807) is 13.1 Å². The summed E-state index contributed by atoms with van der Waals surface area (Å²) in [5, 5.41) is 9.08. The van der Waals surface area contributed by atoms with Crippen LogP contribution in [-0.4, -0.2) is 23.0 Å². The Labute approximate surface area is 94.3 Å². The van der Waals surface area contributed by atoms with Crippen molar-refractivity contribution in [1.29, 1.82) is 0 Å². The molecule has 2 aromatic heterocycles. The minimum absolute atomic E-state index is 0.0324. The molecule has 0 unspecified atom stereocenters. The van der Waals surface area contributed by atoms with Gasteiger partial charge in [0.2, 0.25) is 10.0 Å². The topological polar surface area (TPSA) is 90.3 Å². The van der Waals surface area contributed by atoms with Crippen LogP contribution >= 0.6 is 15.9 Å². The lowest BCUT2D eigenvalue weighted by Gasteiger charge is -1.95. The van der Waals surface area contributed by atoms with Gasteiger partial charge in [0.15, 0.2) is 5.65 Å².